The predicted octanol–water partition coefficient (Wildman–Crippen LogP) is 2.69. The Labute approximate surface area is 125 Å². The fourth-order valence-corrected chi connectivity index (χ4v) is 3.89. The minimum Gasteiger partial charge on any atom is -0.392 e. The van der Waals surface area contributed by atoms with Gasteiger partial charge in [-0.1, -0.05) is 24.9 Å². The Morgan fingerprint density at radius 1 is 1.40 bits per heavy atom. The molecule has 1 saturated carbocycles. The number of nitrogens with one attached hydrogen (secondary N) is 1. The Morgan fingerprint density at radius 3 is 2.60 bits per heavy atom. The largest absolute Gasteiger partial charge is 0.392 e. The second-order valence-electron chi connectivity index (χ2n) is 5.44. The fraction of sp³-hybridized carbons (Fsp3) is 0.571. The maximum Gasteiger partial charge on any atom is 0.240 e. The van der Waals surface area contributed by atoms with Crippen LogP contribution in [0.1, 0.15) is 38.2 Å². The summed E-state index contributed by atoms with van der Waals surface area (Å²) in [6.45, 7) is 2.30. The maximum absolute atomic E-state index is 12.3. The highest BCUT2D eigenvalue weighted by molar-refractivity contribution is 7.89. The predicted molar refractivity (Wildman–Crippen MR) is 79.1 cm³/mol. The lowest BCUT2D eigenvalue weighted by molar-refractivity contribution is 0.133. The molecule has 0 amide bonds. The Bertz CT molecular complexity index is 577. The number of benzene rings is 1. The molecule has 20 heavy (non-hydrogen) atoms. The van der Waals surface area contributed by atoms with Crippen molar-refractivity contribution in [2.45, 2.75) is 44.1 Å². The van der Waals surface area contributed by atoms with Gasteiger partial charge in [-0.05, 0) is 48.4 Å². The van der Waals surface area contributed by atoms with Crippen molar-refractivity contribution in [1.29, 1.82) is 0 Å². The monoisotopic (exact) mass is 317 g/mol. The van der Waals surface area contributed by atoms with Crippen LogP contribution in [0.2, 0.25) is 5.02 Å². The summed E-state index contributed by atoms with van der Waals surface area (Å²) in [4.78, 5) is 0.150. The molecule has 0 aliphatic heterocycles. The van der Waals surface area contributed by atoms with Crippen LogP contribution in [0.3, 0.4) is 0 Å². The normalized spacial score (nSPS) is 17.8. The summed E-state index contributed by atoms with van der Waals surface area (Å²) in [5.41, 5.74) is 0.544. The number of halogens is 1. The van der Waals surface area contributed by atoms with E-state index in [0.29, 0.717) is 17.1 Å². The molecule has 0 spiro atoms. The van der Waals surface area contributed by atoms with Crippen molar-refractivity contribution in [3.05, 3.63) is 28.8 Å². The van der Waals surface area contributed by atoms with Crippen LogP contribution in [-0.2, 0) is 16.6 Å². The standard InChI is InChI=1S/C14H20ClNO3S/c1-2-14(6-3-7-14)10-16-20(18,19)12-4-5-13(15)11(8-12)9-17/h4-5,8,16-17H,2-3,6-7,9-10H2,1H3. The maximum atomic E-state index is 12.3. The van der Waals surface area contributed by atoms with Gasteiger partial charge in [0.25, 0.3) is 0 Å². The summed E-state index contributed by atoms with van der Waals surface area (Å²) < 4.78 is 27.2. The van der Waals surface area contributed by atoms with Crippen molar-refractivity contribution in [2.24, 2.45) is 5.41 Å². The molecule has 1 fully saturated rings. The first-order valence-corrected chi connectivity index (χ1v) is 8.67. The van der Waals surface area contributed by atoms with Gasteiger partial charge in [0.05, 0.1) is 11.5 Å². The van der Waals surface area contributed by atoms with Crippen LogP contribution in [0.4, 0.5) is 0 Å². The Hall–Kier alpha value is -0.620. The molecule has 0 atom stereocenters. The highest BCUT2D eigenvalue weighted by atomic mass is 35.5. The van der Waals surface area contributed by atoms with Crippen molar-refractivity contribution in [1.82, 2.24) is 4.72 Å². The first-order chi connectivity index (χ1) is 9.42. The lowest BCUT2D eigenvalue weighted by atomic mass is 9.67. The Morgan fingerprint density at radius 2 is 2.10 bits per heavy atom. The molecule has 6 heteroatoms. The van der Waals surface area contributed by atoms with E-state index in [4.69, 9.17) is 16.7 Å². The number of hydrogen-bond acceptors (Lipinski definition) is 3. The van der Waals surface area contributed by atoms with Crippen molar-refractivity contribution in [3.8, 4) is 0 Å². The summed E-state index contributed by atoms with van der Waals surface area (Å²) in [5.74, 6) is 0. The number of sulfonamides is 1. The van der Waals surface area contributed by atoms with Gasteiger partial charge in [0, 0.05) is 11.6 Å². The average Bonchev–Trinajstić information content (AvgIpc) is 2.38. The third kappa shape index (κ3) is 3.17. The third-order valence-electron chi connectivity index (χ3n) is 4.30. The van der Waals surface area contributed by atoms with Gasteiger partial charge in [0.2, 0.25) is 10.0 Å². The lowest BCUT2D eigenvalue weighted by Crippen LogP contribution is -2.41. The highest BCUT2D eigenvalue weighted by Gasteiger charge is 2.36. The number of aliphatic hydroxyl groups is 1. The van der Waals surface area contributed by atoms with Crippen molar-refractivity contribution < 1.29 is 13.5 Å². The Kier molecular flexibility index (Phi) is 4.74. The van der Waals surface area contributed by atoms with Crippen LogP contribution in [0.15, 0.2) is 23.1 Å². The number of rotatable bonds is 6. The van der Waals surface area contributed by atoms with Gasteiger partial charge in [-0.3, -0.25) is 0 Å². The molecule has 1 aromatic rings. The molecular formula is C14H20ClNO3S. The average molecular weight is 318 g/mol. The van der Waals surface area contributed by atoms with E-state index in [1.54, 1.807) is 0 Å². The zero-order valence-electron chi connectivity index (χ0n) is 11.5. The molecule has 0 aromatic heterocycles. The molecule has 0 saturated heterocycles. The van der Waals surface area contributed by atoms with E-state index in [2.05, 4.69) is 11.6 Å². The van der Waals surface area contributed by atoms with Crippen LogP contribution in [0.25, 0.3) is 0 Å². The smallest absolute Gasteiger partial charge is 0.240 e. The zero-order valence-corrected chi connectivity index (χ0v) is 13.1. The van der Waals surface area contributed by atoms with Crippen LogP contribution >= 0.6 is 11.6 Å². The molecule has 0 radical (unpaired) electrons. The topological polar surface area (TPSA) is 66.4 Å². The van der Waals surface area contributed by atoms with E-state index in [-0.39, 0.29) is 16.9 Å². The first kappa shape index (κ1) is 15.8. The minimum absolute atomic E-state index is 0.124. The molecule has 0 unspecified atom stereocenters. The molecule has 2 rings (SSSR count). The van der Waals surface area contributed by atoms with Crippen molar-refractivity contribution in [3.63, 3.8) is 0 Å². The lowest BCUT2D eigenvalue weighted by Gasteiger charge is -2.41. The first-order valence-electron chi connectivity index (χ1n) is 6.81. The van der Waals surface area contributed by atoms with Gasteiger partial charge < -0.3 is 5.11 Å². The van der Waals surface area contributed by atoms with Crippen LogP contribution < -0.4 is 4.72 Å². The summed E-state index contributed by atoms with van der Waals surface area (Å²) >= 11 is 5.87. The molecule has 112 valence electrons. The van der Waals surface area contributed by atoms with E-state index in [0.717, 1.165) is 19.3 Å². The molecule has 1 aliphatic carbocycles. The van der Waals surface area contributed by atoms with Crippen LogP contribution in [0.5, 0.6) is 0 Å². The molecule has 0 heterocycles. The summed E-state index contributed by atoms with van der Waals surface area (Å²) in [6, 6.07) is 4.38. The number of aliphatic hydroxyl groups excluding tert-OH is 1. The molecule has 4 nitrogen and oxygen atoms in total. The minimum atomic E-state index is -3.55. The van der Waals surface area contributed by atoms with Crippen molar-refractivity contribution >= 4 is 21.6 Å². The van der Waals surface area contributed by atoms with E-state index in [1.807, 2.05) is 0 Å². The molecule has 1 aliphatic rings. The molecular weight excluding hydrogens is 298 g/mol. The highest BCUT2D eigenvalue weighted by Crippen LogP contribution is 2.43. The molecule has 1 aromatic carbocycles. The second kappa shape index (κ2) is 6.02. The van der Waals surface area contributed by atoms with Gasteiger partial charge in [0.15, 0.2) is 0 Å². The second-order valence-corrected chi connectivity index (χ2v) is 7.62. The van der Waals surface area contributed by atoms with Gasteiger partial charge in [-0.15, -0.1) is 0 Å². The summed E-state index contributed by atoms with van der Waals surface area (Å²) in [6.07, 6.45) is 4.31. The third-order valence-corrected chi connectivity index (χ3v) is 6.07. The molecule has 2 N–H and O–H groups in total. The van der Waals surface area contributed by atoms with Crippen molar-refractivity contribution in [2.75, 3.05) is 6.54 Å². The van der Waals surface area contributed by atoms with Gasteiger partial charge in [-0.2, -0.15) is 0 Å². The summed E-state index contributed by atoms with van der Waals surface area (Å²) in [7, 11) is -3.55. The number of hydrogen-bond donors (Lipinski definition) is 2. The van der Waals surface area contributed by atoms with Gasteiger partial charge >= 0.3 is 0 Å². The van der Waals surface area contributed by atoms with E-state index in [1.165, 1.54) is 24.6 Å². The Balaban J connectivity index is 2.14. The van der Waals surface area contributed by atoms with E-state index in [9.17, 15) is 8.42 Å². The summed E-state index contributed by atoms with van der Waals surface area (Å²) in [5, 5.41) is 9.52. The van der Waals surface area contributed by atoms with E-state index >= 15 is 0 Å². The SMILES string of the molecule is CCC1(CNS(=O)(=O)c2ccc(Cl)c(CO)c2)CCC1. The quantitative estimate of drug-likeness (QED) is 0.847. The molecule has 0 bridgehead atoms. The van der Waals surface area contributed by atoms with Gasteiger partial charge in [0.1, 0.15) is 0 Å². The zero-order chi connectivity index (χ0) is 14.8. The van der Waals surface area contributed by atoms with Gasteiger partial charge in [-0.25, -0.2) is 13.1 Å². The fourth-order valence-electron chi connectivity index (χ4n) is 2.50. The van der Waals surface area contributed by atoms with Crippen LogP contribution in [0, 0.1) is 5.41 Å². The van der Waals surface area contributed by atoms with Crippen LogP contribution in [-0.4, -0.2) is 20.1 Å². The van der Waals surface area contributed by atoms with E-state index < -0.39 is 10.0 Å².